The highest BCUT2D eigenvalue weighted by Crippen LogP contribution is 2.27. The van der Waals surface area contributed by atoms with E-state index in [2.05, 4.69) is 23.5 Å². The average molecular weight is 303 g/mol. The van der Waals surface area contributed by atoms with E-state index in [1.807, 2.05) is 19.9 Å². The van der Waals surface area contributed by atoms with Crippen LogP contribution in [0.3, 0.4) is 0 Å². The Kier molecular flexibility index (Phi) is 5.58. The van der Waals surface area contributed by atoms with Gasteiger partial charge in [-0.1, -0.05) is 38.1 Å². The Morgan fingerprint density at radius 2 is 1.95 bits per heavy atom. The molecular formula is C18H25NO3. The predicted molar refractivity (Wildman–Crippen MR) is 85.6 cm³/mol. The number of fused-ring (bicyclic) bond motifs is 1. The van der Waals surface area contributed by atoms with Crippen LogP contribution in [0.25, 0.3) is 0 Å². The van der Waals surface area contributed by atoms with Gasteiger partial charge in [-0.2, -0.15) is 0 Å². The summed E-state index contributed by atoms with van der Waals surface area (Å²) in [7, 11) is 0. The molecular weight excluding hydrogens is 278 g/mol. The highest BCUT2D eigenvalue weighted by atomic mass is 16.4. The number of carboxylic acid groups (broad SMARTS) is 1. The number of amides is 1. The van der Waals surface area contributed by atoms with Gasteiger partial charge in [0.15, 0.2) is 0 Å². The van der Waals surface area contributed by atoms with Crippen molar-refractivity contribution in [1.29, 1.82) is 0 Å². The Labute approximate surface area is 131 Å². The van der Waals surface area contributed by atoms with Crippen molar-refractivity contribution in [2.75, 3.05) is 0 Å². The summed E-state index contributed by atoms with van der Waals surface area (Å²) in [5.74, 6) is -0.542. The molecule has 0 saturated carbocycles. The molecule has 1 aromatic rings. The third-order valence-electron chi connectivity index (χ3n) is 4.26. The van der Waals surface area contributed by atoms with Gasteiger partial charge in [0.1, 0.15) is 6.04 Å². The summed E-state index contributed by atoms with van der Waals surface area (Å²) in [4.78, 5) is 23.4. The molecule has 2 N–H and O–H groups in total. The van der Waals surface area contributed by atoms with E-state index in [0.717, 1.165) is 19.3 Å². The number of rotatable bonds is 6. The molecule has 0 saturated heterocycles. The molecule has 1 aromatic carbocycles. The molecule has 0 heterocycles. The Bertz CT molecular complexity index is 539. The van der Waals surface area contributed by atoms with Gasteiger partial charge in [-0.05, 0) is 48.6 Å². The standard InChI is InChI=1S/C18H25NO3/c1-12(2)9-16(18(21)22)19-17(20)11-13-7-8-14-5-3-4-6-15(14)10-13/h3-6,12-13,16H,7-11H2,1-2H3,(H,19,20)(H,21,22)/t13?,16-/m1/s1. The highest BCUT2D eigenvalue weighted by molar-refractivity contribution is 5.83. The molecule has 0 spiro atoms. The second kappa shape index (κ2) is 7.43. The van der Waals surface area contributed by atoms with Crippen LogP contribution < -0.4 is 5.32 Å². The summed E-state index contributed by atoms with van der Waals surface area (Å²) in [6.07, 6.45) is 3.78. The molecule has 0 fully saturated rings. The maximum atomic E-state index is 12.1. The van der Waals surface area contributed by atoms with Gasteiger partial charge in [0.05, 0.1) is 0 Å². The average Bonchev–Trinajstić information content (AvgIpc) is 2.45. The lowest BCUT2D eigenvalue weighted by Gasteiger charge is -2.25. The molecule has 4 heteroatoms. The van der Waals surface area contributed by atoms with Gasteiger partial charge >= 0.3 is 5.97 Å². The number of nitrogens with one attached hydrogen (secondary N) is 1. The van der Waals surface area contributed by atoms with Crippen molar-refractivity contribution in [3.8, 4) is 0 Å². The number of hydrogen-bond donors (Lipinski definition) is 2. The van der Waals surface area contributed by atoms with Crippen LogP contribution >= 0.6 is 0 Å². The molecule has 1 aliphatic rings. The van der Waals surface area contributed by atoms with Crippen LogP contribution in [0.5, 0.6) is 0 Å². The lowest BCUT2D eigenvalue weighted by molar-refractivity contribution is -0.142. The van der Waals surface area contributed by atoms with E-state index in [1.165, 1.54) is 11.1 Å². The van der Waals surface area contributed by atoms with E-state index < -0.39 is 12.0 Å². The number of aliphatic carboxylic acids is 1. The molecule has 0 radical (unpaired) electrons. The van der Waals surface area contributed by atoms with Gasteiger partial charge in [-0.25, -0.2) is 4.79 Å². The third-order valence-corrected chi connectivity index (χ3v) is 4.26. The second-order valence-corrected chi connectivity index (χ2v) is 6.67. The summed E-state index contributed by atoms with van der Waals surface area (Å²) in [5.41, 5.74) is 2.70. The molecule has 1 unspecified atom stereocenters. The van der Waals surface area contributed by atoms with E-state index in [9.17, 15) is 14.7 Å². The van der Waals surface area contributed by atoms with Crippen LogP contribution in [0.4, 0.5) is 0 Å². The first kappa shape index (κ1) is 16.5. The van der Waals surface area contributed by atoms with Crippen molar-refractivity contribution in [1.82, 2.24) is 5.32 Å². The molecule has 0 aliphatic heterocycles. The van der Waals surface area contributed by atoms with Gasteiger partial charge < -0.3 is 10.4 Å². The molecule has 0 aromatic heterocycles. The van der Waals surface area contributed by atoms with Crippen molar-refractivity contribution in [3.05, 3.63) is 35.4 Å². The van der Waals surface area contributed by atoms with Crippen LogP contribution in [0.2, 0.25) is 0 Å². The largest absolute Gasteiger partial charge is 0.480 e. The van der Waals surface area contributed by atoms with Gasteiger partial charge in [0.2, 0.25) is 5.91 Å². The Balaban J connectivity index is 1.88. The molecule has 2 rings (SSSR count). The fourth-order valence-corrected chi connectivity index (χ4v) is 3.16. The molecule has 1 amide bonds. The second-order valence-electron chi connectivity index (χ2n) is 6.67. The van der Waals surface area contributed by atoms with E-state index in [-0.39, 0.29) is 11.8 Å². The minimum atomic E-state index is -0.948. The van der Waals surface area contributed by atoms with Crippen molar-refractivity contribution >= 4 is 11.9 Å². The smallest absolute Gasteiger partial charge is 0.326 e. The van der Waals surface area contributed by atoms with Crippen molar-refractivity contribution in [2.45, 2.75) is 52.0 Å². The normalized spacial score (nSPS) is 18.6. The van der Waals surface area contributed by atoms with Gasteiger partial charge in [0.25, 0.3) is 0 Å². The predicted octanol–water partition coefficient (Wildman–Crippen LogP) is 2.80. The molecule has 0 bridgehead atoms. The number of hydrogen-bond acceptors (Lipinski definition) is 2. The fraction of sp³-hybridized carbons (Fsp3) is 0.556. The lowest BCUT2D eigenvalue weighted by atomic mass is 9.82. The van der Waals surface area contributed by atoms with Crippen LogP contribution in [-0.4, -0.2) is 23.0 Å². The summed E-state index contributed by atoms with van der Waals surface area (Å²) in [6.45, 7) is 3.92. The van der Waals surface area contributed by atoms with Gasteiger partial charge in [0, 0.05) is 6.42 Å². The monoisotopic (exact) mass is 303 g/mol. The van der Waals surface area contributed by atoms with Gasteiger partial charge in [-0.3, -0.25) is 4.79 Å². The highest BCUT2D eigenvalue weighted by Gasteiger charge is 2.24. The number of carbonyl (C=O) groups is 2. The molecule has 2 atom stereocenters. The Morgan fingerprint density at radius 3 is 2.59 bits per heavy atom. The zero-order chi connectivity index (χ0) is 16.1. The zero-order valence-electron chi connectivity index (χ0n) is 13.3. The SMILES string of the molecule is CC(C)C[C@@H](NC(=O)CC1CCc2ccccc2C1)C(=O)O. The van der Waals surface area contributed by atoms with Crippen LogP contribution in [-0.2, 0) is 22.4 Å². The van der Waals surface area contributed by atoms with E-state index in [1.54, 1.807) is 0 Å². The molecule has 120 valence electrons. The molecule has 22 heavy (non-hydrogen) atoms. The molecule has 1 aliphatic carbocycles. The Hall–Kier alpha value is -1.84. The fourth-order valence-electron chi connectivity index (χ4n) is 3.16. The number of aryl methyl sites for hydroxylation is 1. The van der Waals surface area contributed by atoms with Crippen LogP contribution in [0.1, 0.15) is 44.2 Å². The summed E-state index contributed by atoms with van der Waals surface area (Å²) in [6, 6.07) is 7.58. The van der Waals surface area contributed by atoms with Crippen LogP contribution in [0, 0.1) is 11.8 Å². The quantitative estimate of drug-likeness (QED) is 0.849. The number of carboxylic acids is 1. The van der Waals surface area contributed by atoms with E-state index in [4.69, 9.17) is 0 Å². The van der Waals surface area contributed by atoms with E-state index >= 15 is 0 Å². The third kappa shape index (κ3) is 4.58. The van der Waals surface area contributed by atoms with Crippen molar-refractivity contribution < 1.29 is 14.7 Å². The maximum absolute atomic E-state index is 12.1. The first-order valence-electron chi connectivity index (χ1n) is 8.04. The first-order valence-corrected chi connectivity index (χ1v) is 8.04. The maximum Gasteiger partial charge on any atom is 0.326 e. The molecule has 4 nitrogen and oxygen atoms in total. The minimum Gasteiger partial charge on any atom is -0.480 e. The van der Waals surface area contributed by atoms with E-state index in [0.29, 0.717) is 18.8 Å². The minimum absolute atomic E-state index is 0.141. The van der Waals surface area contributed by atoms with Crippen LogP contribution in [0.15, 0.2) is 24.3 Å². The summed E-state index contributed by atoms with van der Waals surface area (Å²) in [5, 5.41) is 11.9. The summed E-state index contributed by atoms with van der Waals surface area (Å²) < 4.78 is 0. The van der Waals surface area contributed by atoms with Gasteiger partial charge in [-0.15, -0.1) is 0 Å². The van der Waals surface area contributed by atoms with Crippen molar-refractivity contribution in [2.24, 2.45) is 11.8 Å². The zero-order valence-corrected chi connectivity index (χ0v) is 13.3. The number of benzene rings is 1. The first-order chi connectivity index (χ1) is 10.5. The number of carbonyl (C=O) groups excluding carboxylic acids is 1. The Morgan fingerprint density at radius 1 is 1.27 bits per heavy atom. The lowest BCUT2D eigenvalue weighted by Crippen LogP contribution is -2.42. The van der Waals surface area contributed by atoms with Crippen molar-refractivity contribution in [3.63, 3.8) is 0 Å². The summed E-state index contributed by atoms with van der Waals surface area (Å²) >= 11 is 0. The topological polar surface area (TPSA) is 66.4 Å².